The second kappa shape index (κ2) is 5.21. The van der Waals surface area contributed by atoms with Gasteiger partial charge in [-0.1, -0.05) is 13.2 Å². The Morgan fingerprint density at radius 1 is 1.21 bits per heavy atom. The number of rotatable bonds is 4. The van der Waals surface area contributed by atoms with E-state index in [0.717, 1.165) is 0 Å². The molecule has 0 bridgehead atoms. The Hall–Kier alpha value is -1.58. The maximum atomic E-state index is 11.1. The number of nitrogens with one attached hydrogen (secondary N) is 1. The molecular weight excluding hydrogens is 182 g/mol. The highest BCUT2D eigenvalue weighted by molar-refractivity contribution is 5.92. The van der Waals surface area contributed by atoms with Crippen molar-refractivity contribution in [3.8, 4) is 0 Å². The van der Waals surface area contributed by atoms with Gasteiger partial charge < -0.3 is 10.1 Å². The first-order chi connectivity index (χ1) is 6.34. The summed E-state index contributed by atoms with van der Waals surface area (Å²) in [5, 5.41) is 2.44. The van der Waals surface area contributed by atoms with Gasteiger partial charge >= 0.3 is 5.97 Å². The van der Waals surface area contributed by atoms with E-state index in [2.05, 4.69) is 18.5 Å². The molecule has 0 radical (unpaired) electrons. The Bertz CT molecular complexity index is 253. The molecule has 0 aromatic rings. The molecule has 0 saturated heterocycles. The van der Waals surface area contributed by atoms with Crippen molar-refractivity contribution in [1.29, 1.82) is 0 Å². The van der Waals surface area contributed by atoms with Crippen molar-refractivity contribution in [3.63, 3.8) is 0 Å². The van der Waals surface area contributed by atoms with Crippen LogP contribution in [0.3, 0.4) is 0 Å². The molecule has 1 amide bonds. The first kappa shape index (κ1) is 12.4. The number of hydrogen-bond acceptors (Lipinski definition) is 3. The molecule has 4 nitrogen and oxygen atoms in total. The van der Waals surface area contributed by atoms with Crippen LogP contribution < -0.4 is 5.32 Å². The van der Waals surface area contributed by atoms with E-state index in [9.17, 15) is 9.59 Å². The minimum atomic E-state index is -0.677. The fourth-order valence-electron chi connectivity index (χ4n) is 0.598. The van der Waals surface area contributed by atoms with E-state index in [1.54, 1.807) is 13.8 Å². The summed E-state index contributed by atoms with van der Waals surface area (Å²) in [6.07, 6.45) is -0.677. The molecule has 0 heterocycles. The zero-order valence-corrected chi connectivity index (χ0v) is 8.72. The Morgan fingerprint density at radius 3 is 2.07 bits per heavy atom. The highest BCUT2D eigenvalue weighted by Gasteiger charge is 2.12. The Morgan fingerprint density at radius 2 is 1.71 bits per heavy atom. The van der Waals surface area contributed by atoms with Gasteiger partial charge in [-0.15, -0.1) is 0 Å². The van der Waals surface area contributed by atoms with Crippen LogP contribution in [0.15, 0.2) is 24.3 Å². The molecule has 0 aromatic heterocycles. The molecule has 78 valence electrons. The van der Waals surface area contributed by atoms with Crippen molar-refractivity contribution in [1.82, 2.24) is 5.32 Å². The fraction of sp³-hybridized carbons (Fsp3) is 0.400. The third-order valence-corrected chi connectivity index (χ3v) is 1.35. The molecule has 0 aromatic carbocycles. The summed E-state index contributed by atoms with van der Waals surface area (Å²) >= 11 is 0. The first-order valence-corrected chi connectivity index (χ1v) is 4.17. The van der Waals surface area contributed by atoms with E-state index >= 15 is 0 Å². The predicted molar refractivity (Wildman–Crippen MR) is 53.3 cm³/mol. The maximum Gasteiger partial charge on any atom is 0.335 e. The zero-order chi connectivity index (χ0) is 11.3. The lowest BCUT2D eigenvalue weighted by atomic mass is 10.3. The van der Waals surface area contributed by atoms with E-state index in [1.807, 2.05) is 0 Å². The summed E-state index contributed by atoms with van der Waals surface area (Å²) in [6, 6.07) is 0. The number of ether oxygens (including phenoxy) is 1. The standard InChI is InChI=1S/C10H15NO3/c1-6(2)9(12)11-8(5)14-10(13)7(3)4/h8H,1,3H2,2,4-5H3,(H,11,12)/t8-/m1/s1. The van der Waals surface area contributed by atoms with Crippen LogP contribution in [0.2, 0.25) is 0 Å². The van der Waals surface area contributed by atoms with Gasteiger partial charge in [-0.3, -0.25) is 4.79 Å². The lowest BCUT2D eigenvalue weighted by Gasteiger charge is -2.14. The minimum absolute atomic E-state index is 0.293. The summed E-state index contributed by atoms with van der Waals surface area (Å²) < 4.78 is 4.82. The molecule has 0 unspecified atom stereocenters. The van der Waals surface area contributed by atoms with Gasteiger partial charge in [0.25, 0.3) is 0 Å². The van der Waals surface area contributed by atoms with Gasteiger partial charge in [-0.05, 0) is 20.8 Å². The Labute approximate surface area is 83.6 Å². The number of esters is 1. The van der Waals surface area contributed by atoms with Crippen LogP contribution in [0.1, 0.15) is 20.8 Å². The van der Waals surface area contributed by atoms with Crippen LogP contribution in [0.25, 0.3) is 0 Å². The van der Waals surface area contributed by atoms with Gasteiger partial charge in [-0.25, -0.2) is 4.79 Å². The van der Waals surface area contributed by atoms with Crippen LogP contribution in [0.5, 0.6) is 0 Å². The maximum absolute atomic E-state index is 11.1. The highest BCUT2D eigenvalue weighted by Crippen LogP contribution is 1.97. The van der Waals surface area contributed by atoms with E-state index in [-0.39, 0.29) is 5.91 Å². The average Bonchev–Trinajstić information content (AvgIpc) is 2.03. The third kappa shape index (κ3) is 4.45. The summed E-state index contributed by atoms with van der Waals surface area (Å²) in [5.41, 5.74) is 0.657. The normalized spacial score (nSPS) is 11.4. The average molecular weight is 197 g/mol. The largest absolute Gasteiger partial charge is 0.439 e. The van der Waals surface area contributed by atoms with Gasteiger partial charge in [0.05, 0.1) is 0 Å². The Balaban J connectivity index is 4.05. The second-order valence-corrected chi connectivity index (χ2v) is 3.08. The van der Waals surface area contributed by atoms with E-state index in [1.165, 1.54) is 6.92 Å². The Kier molecular flexibility index (Phi) is 4.63. The van der Waals surface area contributed by atoms with Crippen molar-refractivity contribution in [3.05, 3.63) is 24.3 Å². The van der Waals surface area contributed by atoms with Crippen molar-refractivity contribution in [2.75, 3.05) is 0 Å². The summed E-state index contributed by atoms with van der Waals surface area (Å²) in [6.45, 7) is 11.5. The van der Waals surface area contributed by atoms with E-state index in [4.69, 9.17) is 4.74 Å². The van der Waals surface area contributed by atoms with Crippen molar-refractivity contribution in [2.45, 2.75) is 27.0 Å². The molecule has 1 N–H and O–H groups in total. The molecule has 14 heavy (non-hydrogen) atoms. The van der Waals surface area contributed by atoms with Gasteiger partial charge in [-0.2, -0.15) is 0 Å². The molecule has 4 heteroatoms. The van der Waals surface area contributed by atoms with Crippen LogP contribution in [-0.2, 0) is 14.3 Å². The minimum Gasteiger partial charge on any atom is -0.439 e. The van der Waals surface area contributed by atoms with Crippen LogP contribution in [0.4, 0.5) is 0 Å². The molecule has 0 fully saturated rings. The topological polar surface area (TPSA) is 55.4 Å². The lowest BCUT2D eigenvalue weighted by Crippen LogP contribution is -2.36. The lowest BCUT2D eigenvalue weighted by molar-refractivity contribution is -0.146. The number of hydrogen-bond donors (Lipinski definition) is 1. The monoisotopic (exact) mass is 197 g/mol. The van der Waals surface area contributed by atoms with Crippen molar-refractivity contribution >= 4 is 11.9 Å². The van der Waals surface area contributed by atoms with Crippen LogP contribution >= 0.6 is 0 Å². The molecule has 0 aliphatic rings. The van der Waals surface area contributed by atoms with Gasteiger partial charge in [0.1, 0.15) is 0 Å². The number of amides is 1. The molecule has 0 saturated carbocycles. The molecule has 0 aliphatic heterocycles. The van der Waals surface area contributed by atoms with Gasteiger partial charge in [0.2, 0.25) is 5.91 Å². The van der Waals surface area contributed by atoms with E-state index < -0.39 is 12.2 Å². The molecule has 0 spiro atoms. The van der Waals surface area contributed by atoms with Gasteiger partial charge in [0, 0.05) is 11.1 Å². The van der Waals surface area contributed by atoms with Crippen LogP contribution in [0, 0.1) is 0 Å². The number of carbonyl (C=O) groups excluding carboxylic acids is 2. The highest BCUT2D eigenvalue weighted by atomic mass is 16.6. The smallest absolute Gasteiger partial charge is 0.335 e. The third-order valence-electron chi connectivity index (χ3n) is 1.35. The molecule has 0 rings (SSSR count). The molecule has 0 aliphatic carbocycles. The van der Waals surface area contributed by atoms with Crippen molar-refractivity contribution < 1.29 is 14.3 Å². The van der Waals surface area contributed by atoms with Crippen molar-refractivity contribution in [2.24, 2.45) is 0 Å². The summed E-state index contributed by atoms with van der Waals surface area (Å²) in [4.78, 5) is 22.1. The molecular formula is C10H15NO3. The van der Waals surface area contributed by atoms with Gasteiger partial charge in [0.15, 0.2) is 6.23 Å². The zero-order valence-electron chi connectivity index (χ0n) is 8.72. The predicted octanol–water partition coefficient (Wildman–Crippen LogP) is 1.14. The fourth-order valence-corrected chi connectivity index (χ4v) is 0.598. The summed E-state index contributed by atoms with van der Waals surface area (Å²) in [7, 11) is 0. The SMILES string of the molecule is C=C(C)C(=O)N[C@@H](C)OC(=O)C(=C)C. The number of carbonyl (C=O) groups is 2. The van der Waals surface area contributed by atoms with Crippen LogP contribution in [-0.4, -0.2) is 18.1 Å². The van der Waals surface area contributed by atoms with E-state index in [0.29, 0.717) is 11.1 Å². The quantitative estimate of drug-likeness (QED) is 0.418. The molecule has 1 atom stereocenters. The second-order valence-electron chi connectivity index (χ2n) is 3.08. The summed E-state index contributed by atoms with van der Waals surface area (Å²) in [5.74, 6) is -0.869. The first-order valence-electron chi connectivity index (χ1n) is 4.17.